The monoisotopic (exact) mass is 262 g/mol. The fraction of sp³-hybridized carbons (Fsp3) is 0.250. The molecule has 0 bridgehead atoms. The molecule has 0 saturated carbocycles. The predicted molar refractivity (Wildman–Crippen MR) is 50.4 cm³/mol. The van der Waals surface area contributed by atoms with Gasteiger partial charge in [0.15, 0.2) is 15.6 Å². The Kier molecular flexibility index (Phi) is 1.89. The lowest BCUT2D eigenvalue weighted by Gasteiger charge is -2.22. The second kappa shape index (κ2) is 2.89. The molecule has 0 spiro atoms. The number of fused-ring (bicyclic) bond motifs is 1. The summed E-state index contributed by atoms with van der Waals surface area (Å²) < 4.78 is 11.0. The van der Waals surface area contributed by atoms with Gasteiger partial charge in [0.2, 0.25) is 0 Å². The average molecular weight is 262 g/mol. The number of rotatable bonds is 0. The third kappa shape index (κ3) is 1.42. The highest BCUT2D eigenvalue weighted by Crippen LogP contribution is 2.32. The molecule has 1 aliphatic rings. The number of hydrogen-bond acceptors (Lipinski definition) is 2. The molecule has 0 aromatic heterocycles. The molecule has 0 amide bonds. The Balaban J connectivity index is 2.34. The van der Waals surface area contributed by atoms with E-state index in [1.54, 1.807) is 0 Å². The number of halogens is 1. The fourth-order valence-corrected chi connectivity index (χ4v) is 1.45. The van der Waals surface area contributed by atoms with Crippen LogP contribution in [0.4, 0.5) is 0 Å². The van der Waals surface area contributed by atoms with E-state index in [9.17, 15) is 0 Å². The van der Waals surface area contributed by atoms with E-state index in [2.05, 4.69) is 22.6 Å². The molecule has 2 nitrogen and oxygen atoms in total. The van der Waals surface area contributed by atoms with E-state index in [1.165, 1.54) is 0 Å². The summed E-state index contributed by atoms with van der Waals surface area (Å²) in [5.41, 5.74) is 0. The number of hydrogen-bond donors (Lipinski definition) is 0. The SMILES string of the molecule is IC1COc2ccccc2O1. The zero-order valence-electron chi connectivity index (χ0n) is 5.79. The zero-order chi connectivity index (χ0) is 7.68. The first-order valence-electron chi connectivity index (χ1n) is 3.39. The van der Waals surface area contributed by atoms with Crippen LogP contribution in [0.25, 0.3) is 0 Å². The van der Waals surface area contributed by atoms with Crippen molar-refractivity contribution in [2.75, 3.05) is 6.61 Å². The van der Waals surface area contributed by atoms with Crippen molar-refractivity contribution < 1.29 is 9.47 Å². The molecule has 0 fully saturated rings. The van der Waals surface area contributed by atoms with Crippen molar-refractivity contribution in [2.45, 2.75) is 4.11 Å². The second-order valence-electron chi connectivity index (χ2n) is 2.29. The topological polar surface area (TPSA) is 18.5 Å². The summed E-state index contributed by atoms with van der Waals surface area (Å²) in [6, 6.07) is 7.71. The number of para-hydroxylation sites is 2. The quantitative estimate of drug-likeness (QED) is 0.527. The normalized spacial score (nSPS) is 21.4. The van der Waals surface area contributed by atoms with Gasteiger partial charge < -0.3 is 9.47 Å². The van der Waals surface area contributed by atoms with Crippen LogP contribution in [0.2, 0.25) is 0 Å². The van der Waals surface area contributed by atoms with Crippen LogP contribution in [0.15, 0.2) is 24.3 Å². The molecule has 1 aliphatic heterocycles. The lowest BCUT2D eigenvalue weighted by Crippen LogP contribution is -2.22. The second-order valence-corrected chi connectivity index (χ2v) is 3.67. The van der Waals surface area contributed by atoms with Gasteiger partial charge in [-0.25, -0.2) is 0 Å². The van der Waals surface area contributed by atoms with Gasteiger partial charge in [-0.3, -0.25) is 0 Å². The first kappa shape index (κ1) is 7.21. The Labute approximate surface area is 78.6 Å². The summed E-state index contributed by atoms with van der Waals surface area (Å²) in [5, 5.41) is 0. The van der Waals surface area contributed by atoms with Crippen molar-refractivity contribution in [2.24, 2.45) is 0 Å². The summed E-state index contributed by atoms with van der Waals surface area (Å²) in [6.07, 6.45) is 0. The molecule has 0 aliphatic carbocycles. The Hall–Kier alpha value is -0.450. The maximum Gasteiger partial charge on any atom is 0.183 e. The van der Waals surface area contributed by atoms with E-state index in [0.717, 1.165) is 11.5 Å². The van der Waals surface area contributed by atoms with Crippen molar-refractivity contribution in [3.63, 3.8) is 0 Å². The van der Waals surface area contributed by atoms with Crippen LogP contribution in [0.5, 0.6) is 11.5 Å². The Morgan fingerprint density at radius 3 is 2.82 bits per heavy atom. The first-order chi connectivity index (χ1) is 5.36. The van der Waals surface area contributed by atoms with Crippen LogP contribution in [0.3, 0.4) is 0 Å². The van der Waals surface area contributed by atoms with E-state index < -0.39 is 0 Å². The maximum atomic E-state index is 5.49. The highest BCUT2D eigenvalue weighted by Gasteiger charge is 2.16. The Morgan fingerprint density at radius 2 is 2.00 bits per heavy atom. The molecule has 0 N–H and O–H groups in total. The first-order valence-corrected chi connectivity index (χ1v) is 4.63. The third-order valence-corrected chi connectivity index (χ3v) is 2.09. The van der Waals surface area contributed by atoms with Crippen LogP contribution in [-0.2, 0) is 0 Å². The van der Waals surface area contributed by atoms with E-state index in [4.69, 9.17) is 9.47 Å². The predicted octanol–water partition coefficient (Wildman–Crippen LogP) is 2.22. The molecule has 1 heterocycles. The standard InChI is InChI=1S/C8H7IO2/c9-8-5-10-6-3-1-2-4-7(6)11-8/h1-4,8H,5H2. The summed E-state index contributed by atoms with van der Waals surface area (Å²) >= 11 is 2.21. The molecule has 1 atom stereocenters. The zero-order valence-corrected chi connectivity index (χ0v) is 7.95. The third-order valence-electron chi connectivity index (χ3n) is 1.47. The van der Waals surface area contributed by atoms with E-state index in [1.807, 2.05) is 24.3 Å². The van der Waals surface area contributed by atoms with E-state index in [0.29, 0.717) is 6.61 Å². The highest BCUT2D eigenvalue weighted by atomic mass is 127. The van der Waals surface area contributed by atoms with Gasteiger partial charge in [-0.1, -0.05) is 12.1 Å². The van der Waals surface area contributed by atoms with Crippen molar-refractivity contribution in [3.05, 3.63) is 24.3 Å². The Morgan fingerprint density at radius 1 is 1.27 bits per heavy atom. The van der Waals surface area contributed by atoms with Crippen LogP contribution < -0.4 is 9.47 Å². The number of benzene rings is 1. The van der Waals surface area contributed by atoms with Crippen LogP contribution in [0.1, 0.15) is 0 Å². The van der Waals surface area contributed by atoms with Crippen LogP contribution in [-0.4, -0.2) is 10.7 Å². The molecule has 1 aromatic rings. The molecule has 11 heavy (non-hydrogen) atoms. The molecule has 58 valence electrons. The van der Waals surface area contributed by atoms with Crippen molar-refractivity contribution >= 4 is 22.6 Å². The molecular weight excluding hydrogens is 255 g/mol. The molecule has 0 radical (unpaired) electrons. The number of alkyl halides is 1. The smallest absolute Gasteiger partial charge is 0.183 e. The minimum absolute atomic E-state index is 0.141. The molecule has 2 rings (SSSR count). The minimum Gasteiger partial charge on any atom is -0.485 e. The van der Waals surface area contributed by atoms with E-state index >= 15 is 0 Å². The lowest BCUT2D eigenvalue weighted by molar-refractivity contribution is 0.159. The van der Waals surface area contributed by atoms with Crippen molar-refractivity contribution in [1.29, 1.82) is 0 Å². The average Bonchev–Trinajstić information content (AvgIpc) is 2.04. The molecule has 1 aromatic carbocycles. The van der Waals surface area contributed by atoms with Gasteiger partial charge in [0, 0.05) is 0 Å². The van der Waals surface area contributed by atoms with Gasteiger partial charge >= 0.3 is 0 Å². The number of ether oxygens (including phenoxy) is 2. The fourth-order valence-electron chi connectivity index (χ4n) is 0.994. The van der Waals surface area contributed by atoms with Crippen LogP contribution >= 0.6 is 22.6 Å². The van der Waals surface area contributed by atoms with Gasteiger partial charge in [-0.2, -0.15) is 0 Å². The summed E-state index contributed by atoms with van der Waals surface area (Å²) in [4.78, 5) is 0. The largest absolute Gasteiger partial charge is 0.485 e. The molecule has 1 unspecified atom stereocenters. The summed E-state index contributed by atoms with van der Waals surface area (Å²) in [5.74, 6) is 1.69. The van der Waals surface area contributed by atoms with Crippen LogP contribution in [0, 0.1) is 0 Å². The van der Waals surface area contributed by atoms with Gasteiger partial charge in [0.25, 0.3) is 0 Å². The van der Waals surface area contributed by atoms with Gasteiger partial charge in [0.1, 0.15) is 6.61 Å². The summed E-state index contributed by atoms with van der Waals surface area (Å²) in [6.45, 7) is 0.636. The Bertz CT molecular complexity index is 262. The minimum atomic E-state index is 0.141. The van der Waals surface area contributed by atoms with Crippen molar-refractivity contribution in [1.82, 2.24) is 0 Å². The molecular formula is C8H7IO2. The van der Waals surface area contributed by atoms with Crippen molar-refractivity contribution in [3.8, 4) is 11.5 Å². The maximum absolute atomic E-state index is 5.49. The lowest BCUT2D eigenvalue weighted by atomic mass is 10.3. The van der Waals surface area contributed by atoms with Gasteiger partial charge in [-0.15, -0.1) is 0 Å². The van der Waals surface area contributed by atoms with E-state index in [-0.39, 0.29) is 4.11 Å². The van der Waals surface area contributed by atoms with Gasteiger partial charge in [-0.05, 0) is 34.7 Å². The molecule has 3 heteroatoms. The van der Waals surface area contributed by atoms with Gasteiger partial charge in [0.05, 0.1) is 0 Å². The summed E-state index contributed by atoms with van der Waals surface area (Å²) in [7, 11) is 0. The highest BCUT2D eigenvalue weighted by molar-refractivity contribution is 14.1. The molecule has 0 saturated heterocycles.